The molecule has 0 saturated heterocycles. The summed E-state index contributed by atoms with van der Waals surface area (Å²) in [6.45, 7) is 0.434. The van der Waals surface area contributed by atoms with Crippen molar-refractivity contribution in [3.63, 3.8) is 0 Å². The first-order chi connectivity index (χ1) is 8.56. The predicted octanol–water partition coefficient (Wildman–Crippen LogP) is 1.98. The molecule has 0 fully saturated rings. The molecule has 1 aliphatic carbocycles. The fraction of sp³-hybridized carbons (Fsp3) is 0.500. The molecule has 0 heterocycles. The smallest absolute Gasteiger partial charge is 0.236 e. The third-order valence-corrected chi connectivity index (χ3v) is 3.93. The van der Waals surface area contributed by atoms with Gasteiger partial charge in [-0.2, -0.15) is 0 Å². The van der Waals surface area contributed by atoms with Crippen LogP contribution in [0.5, 0.6) is 0 Å². The Kier molecular flexibility index (Phi) is 4.40. The summed E-state index contributed by atoms with van der Waals surface area (Å²) >= 11 is 3.51. The Morgan fingerprint density at radius 2 is 2.22 bits per heavy atom. The van der Waals surface area contributed by atoms with Gasteiger partial charge in [0.2, 0.25) is 5.91 Å². The Balaban J connectivity index is 1.92. The van der Waals surface area contributed by atoms with Gasteiger partial charge in [0.1, 0.15) is 0 Å². The molecule has 1 unspecified atom stereocenters. The maximum atomic E-state index is 11.5. The lowest BCUT2D eigenvalue weighted by molar-refractivity contribution is -0.127. The maximum Gasteiger partial charge on any atom is 0.236 e. The van der Waals surface area contributed by atoms with E-state index >= 15 is 0 Å². The summed E-state index contributed by atoms with van der Waals surface area (Å²) in [7, 11) is 3.58. The first kappa shape index (κ1) is 13.6. The summed E-state index contributed by atoms with van der Waals surface area (Å²) in [6, 6.07) is 6.89. The molecule has 1 atom stereocenters. The Morgan fingerprint density at radius 1 is 1.44 bits per heavy atom. The number of carbonyl (C=O) groups is 1. The van der Waals surface area contributed by atoms with Crippen LogP contribution < -0.4 is 5.32 Å². The van der Waals surface area contributed by atoms with E-state index in [9.17, 15) is 4.79 Å². The van der Waals surface area contributed by atoms with E-state index in [0.29, 0.717) is 12.6 Å². The number of nitrogens with one attached hydrogen (secondary N) is 1. The van der Waals surface area contributed by atoms with Crippen LogP contribution in [-0.2, 0) is 17.6 Å². The van der Waals surface area contributed by atoms with Crippen molar-refractivity contribution in [1.29, 1.82) is 0 Å². The number of benzene rings is 1. The minimum Gasteiger partial charge on any atom is -0.348 e. The van der Waals surface area contributed by atoms with E-state index in [1.807, 2.05) is 0 Å². The van der Waals surface area contributed by atoms with Crippen molar-refractivity contribution in [3.05, 3.63) is 33.8 Å². The molecule has 0 spiro atoms. The highest BCUT2D eigenvalue weighted by Crippen LogP contribution is 2.24. The van der Waals surface area contributed by atoms with Gasteiger partial charge in [-0.1, -0.05) is 22.0 Å². The van der Waals surface area contributed by atoms with Crippen LogP contribution in [0.2, 0.25) is 0 Å². The van der Waals surface area contributed by atoms with Gasteiger partial charge in [-0.3, -0.25) is 4.79 Å². The molecule has 2 rings (SSSR count). The summed E-state index contributed by atoms with van der Waals surface area (Å²) in [5.41, 5.74) is 2.83. The van der Waals surface area contributed by atoms with E-state index < -0.39 is 0 Å². The van der Waals surface area contributed by atoms with Gasteiger partial charge in [0.15, 0.2) is 0 Å². The van der Waals surface area contributed by atoms with Crippen molar-refractivity contribution in [2.45, 2.75) is 25.3 Å². The van der Waals surface area contributed by atoms with E-state index in [0.717, 1.165) is 23.7 Å². The molecule has 1 aromatic carbocycles. The summed E-state index contributed by atoms with van der Waals surface area (Å²) in [6.07, 6.45) is 3.20. The molecule has 4 heteroatoms. The SMILES string of the molecule is CN(C)C(=O)CNC1CCc2cc(Br)ccc2C1. The van der Waals surface area contributed by atoms with Crippen LogP contribution in [0.15, 0.2) is 22.7 Å². The van der Waals surface area contributed by atoms with Crippen molar-refractivity contribution < 1.29 is 4.79 Å². The van der Waals surface area contributed by atoms with Gasteiger partial charge in [-0.05, 0) is 42.5 Å². The zero-order valence-electron chi connectivity index (χ0n) is 10.9. The fourth-order valence-corrected chi connectivity index (χ4v) is 2.70. The van der Waals surface area contributed by atoms with Crippen LogP contribution in [0.1, 0.15) is 17.5 Å². The molecule has 1 aliphatic rings. The second kappa shape index (κ2) is 5.85. The number of halogens is 1. The third-order valence-electron chi connectivity index (χ3n) is 3.44. The highest BCUT2D eigenvalue weighted by atomic mass is 79.9. The third kappa shape index (κ3) is 3.33. The second-order valence-electron chi connectivity index (χ2n) is 5.02. The van der Waals surface area contributed by atoms with Gasteiger partial charge in [0, 0.05) is 24.6 Å². The van der Waals surface area contributed by atoms with Gasteiger partial charge >= 0.3 is 0 Å². The Morgan fingerprint density at radius 3 is 2.94 bits per heavy atom. The number of carbonyl (C=O) groups excluding carboxylic acids is 1. The Bertz CT molecular complexity index is 445. The number of hydrogen-bond acceptors (Lipinski definition) is 2. The lowest BCUT2D eigenvalue weighted by atomic mass is 9.88. The standard InChI is InChI=1S/C14H19BrN2O/c1-17(2)14(18)9-16-13-6-4-10-7-12(15)5-3-11(10)8-13/h3,5,7,13,16H,4,6,8-9H2,1-2H3. The van der Waals surface area contributed by atoms with Crippen LogP contribution in [0.25, 0.3) is 0 Å². The van der Waals surface area contributed by atoms with Crippen LogP contribution >= 0.6 is 15.9 Å². The molecule has 1 N–H and O–H groups in total. The number of fused-ring (bicyclic) bond motifs is 1. The van der Waals surface area contributed by atoms with Gasteiger partial charge in [-0.25, -0.2) is 0 Å². The minimum atomic E-state index is 0.136. The Labute approximate surface area is 117 Å². The van der Waals surface area contributed by atoms with Crippen LogP contribution in [0.4, 0.5) is 0 Å². The fourth-order valence-electron chi connectivity index (χ4n) is 2.29. The topological polar surface area (TPSA) is 32.3 Å². The summed E-state index contributed by atoms with van der Waals surface area (Å²) in [5, 5.41) is 3.36. The Hall–Kier alpha value is -0.870. The molecule has 0 aliphatic heterocycles. The first-order valence-corrected chi connectivity index (χ1v) is 7.06. The van der Waals surface area contributed by atoms with Crippen molar-refractivity contribution in [3.8, 4) is 0 Å². The van der Waals surface area contributed by atoms with Crippen molar-refractivity contribution in [2.24, 2.45) is 0 Å². The quantitative estimate of drug-likeness (QED) is 0.926. The lowest BCUT2D eigenvalue weighted by Crippen LogP contribution is -2.41. The average Bonchev–Trinajstić information content (AvgIpc) is 2.35. The van der Waals surface area contributed by atoms with E-state index in [1.54, 1.807) is 19.0 Å². The molecule has 0 saturated carbocycles. The van der Waals surface area contributed by atoms with Crippen LogP contribution in [0.3, 0.4) is 0 Å². The van der Waals surface area contributed by atoms with Crippen LogP contribution in [-0.4, -0.2) is 37.5 Å². The zero-order valence-corrected chi connectivity index (χ0v) is 12.5. The van der Waals surface area contributed by atoms with Crippen LogP contribution in [0, 0.1) is 0 Å². The number of rotatable bonds is 3. The van der Waals surface area contributed by atoms with E-state index in [1.165, 1.54) is 11.1 Å². The summed E-state index contributed by atoms with van der Waals surface area (Å²) in [5.74, 6) is 0.136. The molecule has 1 aromatic rings. The van der Waals surface area contributed by atoms with E-state index in [2.05, 4.69) is 39.4 Å². The van der Waals surface area contributed by atoms with Gasteiger partial charge in [0.25, 0.3) is 0 Å². The van der Waals surface area contributed by atoms with Gasteiger partial charge < -0.3 is 10.2 Å². The maximum absolute atomic E-state index is 11.5. The molecule has 0 aromatic heterocycles. The highest BCUT2D eigenvalue weighted by molar-refractivity contribution is 9.10. The average molecular weight is 311 g/mol. The number of hydrogen-bond donors (Lipinski definition) is 1. The largest absolute Gasteiger partial charge is 0.348 e. The minimum absolute atomic E-state index is 0.136. The van der Waals surface area contributed by atoms with Gasteiger partial charge in [0.05, 0.1) is 6.54 Å². The monoisotopic (exact) mass is 310 g/mol. The predicted molar refractivity (Wildman–Crippen MR) is 76.7 cm³/mol. The molecular weight excluding hydrogens is 292 g/mol. The molecule has 0 bridgehead atoms. The van der Waals surface area contributed by atoms with E-state index in [-0.39, 0.29) is 5.91 Å². The van der Waals surface area contributed by atoms with E-state index in [4.69, 9.17) is 0 Å². The lowest BCUT2D eigenvalue weighted by Gasteiger charge is -2.26. The highest BCUT2D eigenvalue weighted by Gasteiger charge is 2.19. The summed E-state index contributed by atoms with van der Waals surface area (Å²) < 4.78 is 1.15. The number of amides is 1. The molecule has 0 radical (unpaired) electrons. The zero-order chi connectivity index (χ0) is 13.1. The molecule has 1 amide bonds. The second-order valence-corrected chi connectivity index (χ2v) is 5.94. The molecule has 3 nitrogen and oxygen atoms in total. The first-order valence-electron chi connectivity index (χ1n) is 6.27. The summed E-state index contributed by atoms with van der Waals surface area (Å²) in [4.78, 5) is 13.2. The van der Waals surface area contributed by atoms with Crippen molar-refractivity contribution in [1.82, 2.24) is 10.2 Å². The number of likely N-dealkylation sites (N-methyl/N-ethyl adjacent to an activating group) is 1. The number of nitrogens with zero attached hydrogens (tertiary/aromatic N) is 1. The molecule has 98 valence electrons. The molecular formula is C14H19BrN2O. The molecule has 18 heavy (non-hydrogen) atoms. The number of aryl methyl sites for hydroxylation is 1. The van der Waals surface area contributed by atoms with Gasteiger partial charge in [-0.15, -0.1) is 0 Å². The van der Waals surface area contributed by atoms with Crippen molar-refractivity contribution in [2.75, 3.05) is 20.6 Å². The normalized spacial score (nSPS) is 18.3. The van der Waals surface area contributed by atoms with Crippen molar-refractivity contribution >= 4 is 21.8 Å².